The Kier molecular flexibility index (Phi) is 7.22. The normalized spacial score (nSPS) is 15.7. The molecule has 1 aliphatic heterocycles. The topological polar surface area (TPSA) is 87.2 Å². The molecule has 34 heavy (non-hydrogen) atoms. The van der Waals surface area contributed by atoms with Crippen LogP contribution in [-0.2, 0) is 20.9 Å². The summed E-state index contributed by atoms with van der Waals surface area (Å²) >= 11 is 0. The van der Waals surface area contributed by atoms with E-state index in [0.29, 0.717) is 0 Å². The number of ether oxygens (including phenoxy) is 1. The van der Waals surface area contributed by atoms with Crippen molar-refractivity contribution in [2.24, 2.45) is 0 Å². The van der Waals surface area contributed by atoms with E-state index in [9.17, 15) is 19.5 Å². The Balaban J connectivity index is 1.51. The SMILES string of the molecule is O=C(O)[C@@H]1CN(C(=O)OCc2ccccc2)CCN1C(=O)C(c1ccccc1)c1ccccc1. The zero-order valence-corrected chi connectivity index (χ0v) is 18.6. The molecule has 3 aromatic rings. The molecule has 2 amide bonds. The first-order chi connectivity index (χ1) is 16.5. The Morgan fingerprint density at radius 3 is 1.88 bits per heavy atom. The van der Waals surface area contributed by atoms with Gasteiger partial charge in [0.1, 0.15) is 12.6 Å². The lowest BCUT2D eigenvalue weighted by Gasteiger charge is -2.40. The first-order valence-electron chi connectivity index (χ1n) is 11.1. The highest BCUT2D eigenvalue weighted by molar-refractivity contribution is 5.91. The summed E-state index contributed by atoms with van der Waals surface area (Å²) in [5, 5.41) is 9.92. The molecule has 0 unspecified atom stereocenters. The van der Waals surface area contributed by atoms with Gasteiger partial charge in [0, 0.05) is 13.1 Å². The fourth-order valence-corrected chi connectivity index (χ4v) is 4.17. The van der Waals surface area contributed by atoms with E-state index in [1.54, 1.807) is 0 Å². The number of amides is 2. The number of hydrogen-bond donors (Lipinski definition) is 1. The van der Waals surface area contributed by atoms with E-state index < -0.39 is 24.0 Å². The van der Waals surface area contributed by atoms with Gasteiger partial charge in [-0.05, 0) is 16.7 Å². The Morgan fingerprint density at radius 1 is 0.824 bits per heavy atom. The van der Waals surface area contributed by atoms with E-state index in [0.717, 1.165) is 16.7 Å². The van der Waals surface area contributed by atoms with E-state index in [4.69, 9.17) is 4.74 Å². The number of carbonyl (C=O) groups is 3. The minimum Gasteiger partial charge on any atom is -0.480 e. The van der Waals surface area contributed by atoms with Crippen molar-refractivity contribution in [3.8, 4) is 0 Å². The van der Waals surface area contributed by atoms with Crippen LogP contribution in [0.2, 0.25) is 0 Å². The van der Waals surface area contributed by atoms with Gasteiger partial charge in [-0.2, -0.15) is 0 Å². The molecule has 0 spiro atoms. The van der Waals surface area contributed by atoms with Crippen molar-refractivity contribution in [2.45, 2.75) is 18.6 Å². The molecule has 0 aromatic heterocycles. The molecule has 1 fully saturated rings. The molecule has 0 aliphatic carbocycles. The molecule has 1 heterocycles. The first kappa shape index (κ1) is 23.0. The fourth-order valence-electron chi connectivity index (χ4n) is 4.17. The number of nitrogens with zero attached hydrogens (tertiary/aromatic N) is 2. The number of aliphatic carboxylic acids is 1. The van der Waals surface area contributed by atoms with Crippen molar-refractivity contribution in [1.29, 1.82) is 0 Å². The minimum absolute atomic E-state index is 0.0979. The molecule has 1 N–H and O–H groups in total. The molecule has 0 bridgehead atoms. The molecule has 0 saturated carbocycles. The standard InChI is InChI=1S/C27H26N2O5/c30-25(24(21-12-6-2-7-13-21)22-14-8-3-9-15-22)29-17-16-28(18-23(29)26(31)32)27(33)34-19-20-10-4-1-5-11-20/h1-15,23-24H,16-19H2,(H,31,32)/t23-/m0/s1. The smallest absolute Gasteiger partial charge is 0.410 e. The minimum atomic E-state index is -1.17. The average molecular weight is 459 g/mol. The number of hydrogen-bond acceptors (Lipinski definition) is 4. The molecule has 4 rings (SSSR count). The van der Waals surface area contributed by atoms with Gasteiger partial charge < -0.3 is 19.6 Å². The predicted molar refractivity (Wildman–Crippen MR) is 126 cm³/mol. The quantitative estimate of drug-likeness (QED) is 0.608. The third kappa shape index (κ3) is 5.26. The number of carboxylic acids is 1. The van der Waals surface area contributed by atoms with Gasteiger partial charge in [-0.3, -0.25) is 4.79 Å². The monoisotopic (exact) mass is 458 g/mol. The van der Waals surface area contributed by atoms with Crippen LogP contribution in [-0.4, -0.2) is 58.6 Å². The van der Waals surface area contributed by atoms with Gasteiger partial charge in [0.25, 0.3) is 0 Å². The van der Waals surface area contributed by atoms with Crippen LogP contribution in [0.1, 0.15) is 22.6 Å². The molecule has 1 aliphatic rings. The van der Waals surface area contributed by atoms with Crippen LogP contribution in [0.3, 0.4) is 0 Å². The van der Waals surface area contributed by atoms with E-state index in [-0.39, 0.29) is 32.1 Å². The summed E-state index contributed by atoms with van der Waals surface area (Å²) in [5.41, 5.74) is 2.41. The van der Waals surface area contributed by atoms with Crippen molar-refractivity contribution in [1.82, 2.24) is 9.80 Å². The van der Waals surface area contributed by atoms with Crippen molar-refractivity contribution < 1.29 is 24.2 Å². The van der Waals surface area contributed by atoms with Gasteiger partial charge in [-0.15, -0.1) is 0 Å². The molecule has 3 aromatic carbocycles. The van der Waals surface area contributed by atoms with Crippen LogP contribution >= 0.6 is 0 Å². The summed E-state index contributed by atoms with van der Waals surface area (Å²) in [7, 11) is 0. The van der Waals surface area contributed by atoms with Gasteiger partial charge in [0.15, 0.2) is 0 Å². The molecular formula is C27H26N2O5. The second-order valence-corrected chi connectivity index (χ2v) is 8.13. The van der Waals surface area contributed by atoms with Crippen molar-refractivity contribution in [2.75, 3.05) is 19.6 Å². The summed E-state index contributed by atoms with van der Waals surface area (Å²) in [5.74, 6) is -2.10. The molecule has 1 saturated heterocycles. The van der Waals surface area contributed by atoms with E-state index >= 15 is 0 Å². The summed E-state index contributed by atoms with van der Waals surface area (Å²) in [6, 6.07) is 26.7. The maximum absolute atomic E-state index is 13.7. The zero-order valence-electron chi connectivity index (χ0n) is 18.6. The zero-order chi connectivity index (χ0) is 23.9. The highest BCUT2D eigenvalue weighted by atomic mass is 16.6. The summed E-state index contributed by atoms with van der Waals surface area (Å²) < 4.78 is 5.37. The summed E-state index contributed by atoms with van der Waals surface area (Å²) in [6.45, 7) is 0.261. The Morgan fingerprint density at radius 2 is 1.35 bits per heavy atom. The maximum Gasteiger partial charge on any atom is 0.410 e. The molecular weight excluding hydrogens is 432 g/mol. The number of rotatable bonds is 6. The van der Waals surface area contributed by atoms with Gasteiger partial charge >= 0.3 is 12.1 Å². The predicted octanol–water partition coefficient (Wildman–Crippen LogP) is 3.75. The third-order valence-electron chi connectivity index (χ3n) is 5.92. The Labute approximate surface area is 198 Å². The van der Waals surface area contributed by atoms with Crippen LogP contribution in [0, 0.1) is 0 Å². The third-order valence-corrected chi connectivity index (χ3v) is 5.92. The van der Waals surface area contributed by atoms with Crippen molar-refractivity contribution >= 4 is 18.0 Å². The van der Waals surface area contributed by atoms with Gasteiger partial charge in [-0.25, -0.2) is 9.59 Å². The van der Waals surface area contributed by atoms with Crippen molar-refractivity contribution in [3.63, 3.8) is 0 Å². The largest absolute Gasteiger partial charge is 0.480 e. The van der Waals surface area contributed by atoms with Gasteiger partial charge in [0.05, 0.1) is 12.5 Å². The van der Waals surface area contributed by atoms with Crippen molar-refractivity contribution in [3.05, 3.63) is 108 Å². The van der Waals surface area contributed by atoms with E-state index in [1.807, 2.05) is 91.0 Å². The maximum atomic E-state index is 13.7. The molecule has 7 heteroatoms. The Hall–Kier alpha value is -4.13. The van der Waals surface area contributed by atoms with Gasteiger partial charge in [-0.1, -0.05) is 91.0 Å². The number of piperazine rings is 1. The fraction of sp³-hybridized carbons (Fsp3) is 0.222. The van der Waals surface area contributed by atoms with Crippen LogP contribution < -0.4 is 0 Å². The number of carboxylic acid groups (broad SMARTS) is 1. The lowest BCUT2D eigenvalue weighted by Crippen LogP contribution is -2.60. The van der Waals surface area contributed by atoms with Crippen LogP contribution in [0.25, 0.3) is 0 Å². The van der Waals surface area contributed by atoms with Gasteiger partial charge in [0.2, 0.25) is 5.91 Å². The summed E-state index contributed by atoms with van der Waals surface area (Å²) in [6.07, 6.45) is -0.593. The van der Waals surface area contributed by atoms with E-state index in [1.165, 1.54) is 9.80 Å². The lowest BCUT2D eigenvalue weighted by molar-refractivity contribution is -0.153. The van der Waals surface area contributed by atoms with E-state index in [2.05, 4.69) is 0 Å². The van der Waals surface area contributed by atoms with Crippen LogP contribution in [0.5, 0.6) is 0 Å². The highest BCUT2D eigenvalue weighted by Gasteiger charge is 2.40. The van der Waals surface area contributed by atoms with Crippen LogP contribution in [0.4, 0.5) is 4.79 Å². The summed E-state index contributed by atoms with van der Waals surface area (Å²) in [4.78, 5) is 41.2. The number of carbonyl (C=O) groups excluding carboxylic acids is 2. The molecule has 7 nitrogen and oxygen atoms in total. The molecule has 1 atom stereocenters. The molecule has 0 radical (unpaired) electrons. The average Bonchev–Trinajstić information content (AvgIpc) is 2.89. The van der Waals surface area contributed by atoms with Crippen LogP contribution in [0.15, 0.2) is 91.0 Å². The second kappa shape index (κ2) is 10.7. The lowest BCUT2D eigenvalue weighted by atomic mass is 9.89. The Bertz CT molecular complexity index is 1080. The number of benzene rings is 3. The molecule has 174 valence electrons. The second-order valence-electron chi connectivity index (χ2n) is 8.13. The highest BCUT2D eigenvalue weighted by Crippen LogP contribution is 2.29. The first-order valence-corrected chi connectivity index (χ1v) is 11.1.